The number of carbonyl (C=O) groups excluding carboxylic acids is 1. The molecule has 3 heterocycles. The number of pyridine rings is 1. The Morgan fingerprint density at radius 3 is 2.52 bits per heavy atom. The summed E-state index contributed by atoms with van der Waals surface area (Å²) in [6.07, 6.45) is -2.65. The van der Waals surface area contributed by atoms with E-state index < -0.39 is 6.36 Å². The van der Waals surface area contributed by atoms with E-state index in [0.29, 0.717) is 36.4 Å². The monoisotopic (exact) mass is 455 g/mol. The number of nitrogens with zero attached hydrogens (tertiary/aromatic N) is 2. The normalized spacial score (nSPS) is 15.8. The van der Waals surface area contributed by atoms with Gasteiger partial charge in [0, 0.05) is 43.0 Å². The molecule has 1 amide bonds. The number of rotatable bonds is 3. The number of hydrogen-bond donors (Lipinski definition) is 1. The lowest BCUT2D eigenvalue weighted by atomic mass is 9.96. The second kappa shape index (κ2) is 8.40. The fourth-order valence-electron chi connectivity index (χ4n) is 4.10. The molecule has 33 heavy (non-hydrogen) atoms. The molecule has 0 saturated carbocycles. The first-order valence-corrected chi connectivity index (χ1v) is 10.5. The van der Waals surface area contributed by atoms with Crippen molar-refractivity contribution in [2.45, 2.75) is 12.8 Å². The van der Waals surface area contributed by atoms with Crippen LogP contribution >= 0.6 is 0 Å². The van der Waals surface area contributed by atoms with Gasteiger partial charge in [0.1, 0.15) is 11.6 Å². The summed E-state index contributed by atoms with van der Waals surface area (Å²) in [4.78, 5) is 19.6. The Morgan fingerprint density at radius 1 is 0.970 bits per heavy atom. The third-order valence-electron chi connectivity index (χ3n) is 5.71. The number of alkyl halides is 3. The van der Waals surface area contributed by atoms with Gasteiger partial charge in [0.2, 0.25) is 0 Å². The van der Waals surface area contributed by atoms with Crippen molar-refractivity contribution in [3.8, 4) is 16.9 Å². The van der Waals surface area contributed by atoms with Gasteiger partial charge in [-0.3, -0.25) is 4.79 Å². The fraction of sp³-hybridized carbons (Fsp3) is 0.250. The smallest absolute Gasteiger partial charge is 0.406 e. The third-order valence-corrected chi connectivity index (χ3v) is 5.71. The van der Waals surface area contributed by atoms with Crippen molar-refractivity contribution in [3.05, 3.63) is 71.4 Å². The summed E-state index contributed by atoms with van der Waals surface area (Å²) in [7, 11) is 0. The minimum Gasteiger partial charge on any atom is -0.406 e. The molecule has 9 heteroatoms. The largest absolute Gasteiger partial charge is 0.573 e. The predicted octanol–water partition coefficient (Wildman–Crippen LogP) is 4.64. The number of carbonyl (C=O) groups is 1. The predicted molar refractivity (Wildman–Crippen MR) is 117 cm³/mol. The van der Waals surface area contributed by atoms with Crippen LogP contribution in [0.4, 0.5) is 24.7 Å². The van der Waals surface area contributed by atoms with Gasteiger partial charge in [0.25, 0.3) is 5.91 Å². The van der Waals surface area contributed by atoms with Crippen molar-refractivity contribution in [1.29, 1.82) is 0 Å². The number of anilines is 2. The summed E-state index contributed by atoms with van der Waals surface area (Å²) >= 11 is 0. The molecule has 1 saturated heterocycles. The van der Waals surface area contributed by atoms with Crippen molar-refractivity contribution >= 4 is 17.4 Å². The molecule has 2 aliphatic heterocycles. The Labute approximate surface area is 188 Å². The van der Waals surface area contributed by atoms with E-state index in [1.807, 2.05) is 30.3 Å². The van der Waals surface area contributed by atoms with Crippen molar-refractivity contribution in [1.82, 2.24) is 4.98 Å². The molecule has 0 spiro atoms. The molecule has 2 aromatic carbocycles. The lowest BCUT2D eigenvalue weighted by Crippen LogP contribution is -2.36. The highest BCUT2D eigenvalue weighted by Crippen LogP contribution is 2.34. The zero-order valence-electron chi connectivity index (χ0n) is 17.5. The minimum atomic E-state index is -4.80. The van der Waals surface area contributed by atoms with E-state index in [4.69, 9.17) is 4.74 Å². The molecule has 2 aliphatic rings. The maximum atomic E-state index is 13.0. The summed E-state index contributed by atoms with van der Waals surface area (Å²) in [5, 5.41) is 2.73. The Hall–Kier alpha value is -3.59. The van der Waals surface area contributed by atoms with E-state index in [9.17, 15) is 18.0 Å². The molecule has 0 unspecified atom stereocenters. The molecule has 5 rings (SSSR count). The molecular weight excluding hydrogens is 435 g/mol. The summed E-state index contributed by atoms with van der Waals surface area (Å²) < 4.78 is 47.1. The van der Waals surface area contributed by atoms with Crippen LogP contribution in [0.3, 0.4) is 0 Å². The summed E-state index contributed by atoms with van der Waals surface area (Å²) in [5.41, 5.74) is 4.06. The topological polar surface area (TPSA) is 63.7 Å². The van der Waals surface area contributed by atoms with Gasteiger partial charge < -0.3 is 19.7 Å². The van der Waals surface area contributed by atoms with E-state index in [-0.39, 0.29) is 11.7 Å². The van der Waals surface area contributed by atoms with Gasteiger partial charge in [-0.1, -0.05) is 18.2 Å². The first-order valence-electron chi connectivity index (χ1n) is 10.5. The van der Waals surface area contributed by atoms with Crippen LogP contribution in [-0.2, 0) is 11.2 Å². The Balaban J connectivity index is 1.44. The van der Waals surface area contributed by atoms with E-state index in [1.54, 1.807) is 6.20 Å². The lowest BCUT2D eigenvalue weighted by Gasteiger charge is -2.28. The number of nitrogens with one attached hydrogen (secondary N) is 1. The molecule has 0 bridgehead atoms. The third kappa shape index (κ3) is 4.63. The second-order valence-electron chi connectivity index (χ2n) is 7.87. The van der Waals surface area contributed by atoms with Gasteiger partial charge in [-0.2, -0.15) is 0 Å². The SMILES string of the molecule is O=C1Nc2cc(OC(F)(F)F)ccc2Cc2ccc(-c3ccnc(N4CCOCC4)c3)cc21. The Bertz CT molecular complexity index is 1210. The zero-order valence-corrected chi connectivity index (χ0v) is 17.5. The van der Waals surface area contributed by atoms with E-state index in [2.05, 4.69) is 19.9 Å². The summed E-state index contributed by atoms with van der Waals surface area (Å²) in [6, 6.07) is 13.5. The average molecular weight is 455 g/mol. The second-order valence-corrected chi connectivity index (χ2v) is 7.87. The number of ether oxygens (including phenoxy) is 2. The van der Waals surface area contributed by atoms with Crippen LogP contribution in [0.2, 0.25) is 0 Å². The van der Waals surface area contributed by atoms with Crippen molar-refractivity contribution in [2.24, 2.45) is 0 Å². The summed E-state index contributed by atoms with van der Waals surface area (Å²) in [5.74, 6) is 0.0950. The van der Waals surface area contributed by atoms with Crippen LogP contribution in [-0.4, -0.2) is 43.6 Å². The molecule has 6 nitrogen and oxygen atoms in total. The van der Waals surface area contributed by atoms with Crippen LogP contribution in [0.1, 0.15) is 21.5 Å². The number of halogens is 3. The first kappa shape index (κ1) is 21.3. The Kier molecular flexibility index (Phi) is 5.41. The number of morpholine rings is 1. The fourth-order valence-corrected chi connectivity index (χ4v) is 4.10. The average Bonchev–Trinajstić information content (AvgIpc) is 2.94. The first-order chi connectivity index (χ1) is 15.9. The number of benzene rings is 2. The number of fused-ring (bicyclic) bond motifs is 2. The van der Waals surface area contributed by atoms with Crippen LogP contribution < -0.4 is 15.0 Å². The van der Waals surface area contributed by atoms with Crippen molar-refractivity contribution < 1.29 is 27.4 Å². The zero-order chi connectivity index (χ0) is 23.0. The van der Waals surface area contributed by atoms with Gasteiger partial charge in [0.05, 0.1) is 13.2 Å². The standard InChI is InChI=1S/C24H20F3N3O3/c25-24(26,27)33-19-4-3-18-11-17-2-1-15(12-20(17)23(31)29-21(18)14-19)16-5-6-28-22(13-16)30-7-9-32-10-8-30/h1-6,12-14H,7-11H2,(H,29,31). The molecule has 0 aliphatic carbocycles. The Morgan fingerprint density at radius 2 is 1.73 bits per heavy atom. The minimum absolute atomic E-state index is 0.304. The van der Waals surface area contributed by atoms with E-state index in [1.165, 1.54) is 18.2 Å². The van der Waals surface area contributed by atoms with E-state index in [0.717, 1.165) is 35.6 Å². The number of aromatic nitrogens is 1. The molecule has 0 atom stereocenters. The molecule has 1 aromatic heterocycles. The summed E-state index contributed by atoms with van der Waals surface area (Å²) in [6.45, 7) is 2.84. The maximum absolute atomic E-state index is 13.0. The highest BCUT2D eigenvalue weighted by molar-refractivity contribution is 6.07. The highest BCUT2D eigenvalue weighted by atomic mass is 19.4. The van der Waals surface area contributed by atoms with Crippen LogP contribution in [0.15, 0.2) is 54.7 Å². The van der Waals surface area contributed by atoms with Crippen LogP contribution in [0.5, 0.6) is 5.75 Å². The molecule has 170 valence electrons. The maximum Gasteiger partial charge on any atom is 0.573 e. The van der Waals surface area contributed by atoms with Gasteiger partial charge in [-0.25, -0.2) is 4.98 Å². The van der Waals surface area contributed by atoms with Crippen LogP contribution in [0.25, 0.3) is 11.1 Å². The molecule has 1 N–H and O–H groups in total. The van der Waals surface area contributed by atoms with Gasteiger partial charge in [-0.05, 0) is 46.5 Å². The van der Waals surface area contributed by atoms with Crippen molar-refractivity contribution in [2.75, 3.05) is 36.5 Å². The molecular formula is C24H20F3N3O3. The highest BCUT2D eigenvalue weighted by Gasteiger charge is 2.31. The molecule has 0 radical (unpaired) electrons. The quantitative estimate of drug-likeness (QED) is 0.624. The van der Waals surface area contributed by atoms with Gasteiger partial charge in [-0.15, -0.1) is 13.2 Å². The molecule has 3 aromatic rings. The molecule has 1 fully saturated rings. The number of hydrogen-bond acceptors (Lipinski definition) is 5. The number of amides is 1. The van der Waals surface area contributed by atoms with E-state index >= 15 is 0 Å². The van der Waals surface area contributed by atoms with Gasteiger partial charge >= 0.3 is 6.36 Å². The lowest BCUT2D eigenvalue weighted by molar-refractivity contribution is -0.274. The van der Waals surface area contributed by atoms with Crippen molar-refractivity contribution in [3.63, 3.8) is 0 Å². The van der Waals surface area contributed by atoms with Crippen LogP contribution in [0, 0.1) is 0 Å². The van der Waals surface area contributed by atoms with Gasteiger partial charge in [0.15, 0.2) is 0 Å².